The van der Waals surface area contributed by atoms with Crippen LogP contribution in [0.1, 0.15) is 26.2 Å². The van der Waals surface area contributed by atoms with Crippen LogP contribution >= 0.6 is 11.6 Å². The molecule has 4 saturated heterocycles. The fraction of sp³-hybridized carbons (Fsp3) is 0.429. The summed E-state index contributed by atoms with van der Waals surface area (Å²) in [5.74, 6) is -0.326. The van der Waals surface area contributed by atoms with Gasteiger partial charge >= 0.3 is 6.01 Å². The van der Waals surface area contributed by atoms with Crippen molar-refractivity contribution in [1.29, 1.82) is 0 Å². The second-order valence-electron chi connectivity index (χ2n) is 13.4. The minimum Gasteiger partial charge on any atom is -0.461 e. The molecule has 4 fully saturated rings. The number of amides is 1. The molecule has 0 radical (unpaired) electrons. The van der Waals surface area contributed by atoms with Crippen LogP contribution in [0.5, 0.6) is 6.01 Å². The monoisotopic (exact) mass is 660 g/mol. The number of hydrogen-bond acceptors (Lipinski definition) is 8. The minimum absolute atomic E-state index is 0.0127. The van der Waals surface area contributed by atoms with Gasteiger partial charge < -0.3 is 19.3 Å². The molecule has 0 bridgehead atoms. The lowest BCUT2D eigenvalue weighted by Crippen LogP contribution is -2.74. The van der Waals surface area contributed by atoms with Crippen molar-refractivity contribution in [1.82, 2.24) is 24.8 Å². The first-order chi connectivity index (χ1) is 22.7. The van der Waals surface area contributed by atoms with Crippen molar-refractivity contribution < 1.29 is 23.0 Å². The molecule has 0 aliphatic carbocycles. The van der Waals surface area contributed by atoms with E-state index in [2.05, 4.69) is 26.3 Å². The van der Waals surface area contributed by atoms with E-state index in [-0.39, 0.29) is 35.8 Å². The van der Waals surface area contributed by atoms with Gasteiger partial charge in [0.05, 0.1) is 24.1 Å². The molecule has 3 atom stereocenters. The van der Waals surface area contributed by atoms with Gasteiger partial charge in [0.1, 0.15) is 35.3 Å². The number of benzene rings is 2. The smallest absolute Gasteiger partial charge is 0.319 e. The number of nitrogens with zero attached hydrogens (tertiary/aromatic N) is 6. The number of hydrogen-bond donors (Lipinski definition) is 0. The molecule has 47 heavy (non-hydrogen) atoms. The van der Waals surface area contributed by atoms with E-state index in [1.165, 1.54) is 6.08 Å². The summed E-state index contributed by atoms with van der Waals surface area (Å²) in [5.41, 5.74) is -0.292. The van der Waals surface area contributed by atoms with Crippen LogP contribution in [0, 0.1) is 5.82 Å². The van der Waals surface area contributed by atoms with Crippen molar-refractivity contribution in [2.45, 2.75) is 49.5 Å². The van der Waals surface area contributed by atoms with Crippen LogP contribution in [0.25, 0.3) is 32.9 Å². The minimum atomic E-state index is -0.915. The Morgan fingerprint density at radius 2 is 2.02 bits per heavy atom. The lowest BCUT2D eigenvalue weighted by atomic mass is 9.89. The maximum absolute atomic E-state index is 16.9. The van der Waals surface area contributed by atoms with E-state index >= 15 is 4.39 Å². The largest absolute Gasteiger partial charge is 0.461 e. The van der Waals surface area contributed by atoms with E-state index in [0.29, 0.717) is 66.4 Å². The molecule has 1 amide bonds. The van der Waals surface area contributed by atoms with Gasteiger partial charge in [-0.3, -0.25) is 14.7 Å². The highest BCUT2D eigenvalue weighted by Gasteiger charge is 2.52. The third-order valence-electron chi connectivity index (χ3n) is 10.5. The third kappa shape index (κ3) is 4.85. The zero-order chi connectivity index (χ0) is 32.5. The molecule has 4 aliphatic rings. The van der Waals surface area contributed by atoms with Crippen molar-refractivity contribution >= 4 is 45.0 Å². The molecule has 0 N–H and O–H groups in total. The van der Waals surface area contributed by atoms with Crippen LogP contribution < -0.4 is 9.64 Å². The molecular weight excluding hydrogens is 626 g/mol. The molecule has 2 aromatic carbocycles. The number of piperazine rings is 1. The molecule has 0 saturated carbocycles. The highest BCUT2D eigenvalue weighted by Crippen LogP contribution is 2.42. The molecular formula is C35H35ClF2N6O3. The number of rotatable bonds is 6. The van der Waals surface area contributed by atoms with Gasteiger partial charge in [-0.2, -0.15) is 9.97 Å². The van der Waals surface area contributed by atoms with Crippen LogP contribution in [0.4, 0.5) is 14.6 Å². The number of aromatic nitrogens is 3. The summed E-state index contributed by atoms with van der Waals surface area (Å²) >= 11 is 6.62. The maximum Gasteiger partial charge on any atom is 0.319 e. The summed E-state index contributed by atoms with van der Waals surface area (Å²) in [4.78, 5) is 33.1. The first-order valence-corrected chi connectivity index (χ1v) is 16.4. The van der Waals surface area contributed by atoms with Crippen molar-refractivity contribution in [2.75, 3.05) is 50.9 Å². The zero-order valence-electron chi connectivity index (χ0n) is 26.1. The van der Waals surface area contributed by atoms with Crippen molar-refractivity contribution in [3.63, 3.8) is 0 Å². The average Bonchev–Trinajstić information content (AvgIpc) is 3.58. The van der Waals surface area contributed by atoms with Crippen molar-refractivity contribution in [2.24, 2.45) is 0 Å². The topological polar surface area (TPSA) is 83.9 Å². The van der Waals surface area contributed by atoms with E-state index in [0.717, 1.165) is 24.8 Å². The first-order valence-electron chi connectivity index (χ1n) is 16.1. The molecule has 9 nitrogen and oxygen atoms in total. The Balaban J connectivity index is 1.25. The zero-order valence-corrected chi connectivity index (χ0v) is 26.8. The second kappa shape index (κ2) is 11.4. The number of ether oxygens (including phenoxy) is 2. The average molecular weight is 661 g/mol. The highest BCUT2D eigenvalue weighted by atomic mass is 35.5. The summed E-state index contributed by atoms with van der Waals surface area (Å²) in [6, 6.07) is 10.9. The van der Waals surface area contributed by atoms with Gasteiger partial charge in [-0.25, -0.2) is 8.78 Å². The van der Waals surface area contributed by atoms with Gasteiger partial charge in [0.25, 0.3) is 0 Å². The number of carbonyl (C=O) groups excluding carboxylic acids is 1. The molecule has 12 heteroatoms. The normalized spacial score (nSPS) is 25.4. The maximum atomic E-state index is 16.9. The predicted octanol–water partition coefficient (Wildman–Crippen LogP) is 5.58. The summed E-state index contributed by atoms with van der Waals surface area (Å²) in [6.45, 7) is 8.63. The van der Waals surface area contributed by atoms with Gasteiger partial charge in [0.2, 0.25) is 5.91 Å². The van der Waals surface area contributed by atoms with E-state index in [9.17, 15) is 9.18 Å². The van der Waals surface area contributed by atoms with Gasteiger partial charge in [0, 0.05) is 54.3 Å². The van der Waals surface area contributed by atoms with Crippen molar-refractivity contribution in [3.8, 4) is 17.3 Å². The standard InChI is InChI=1S/C35H35ClF2N6O3/c1-3-27(45)44-15-21(2)43(17-35(44)18-46-19-35)32-25-14-39-30(24-9-4-7-22-8-5-10-26(36)28(22)24)29(38)31(25)40-33(41-32)47-20-34-11-6-12-42(34)16-23(37)13-34/h3-5,7-10,14,21,23H,1,6,11-13,15-20H2,2H3/t21?,23?,34-/m0/s1. The SMILES string of the molecule is C=CC(=O)N1CC(C)N(c2nc(OC[C@@]34CCCN3CC(F)C4)nc3c(F)c(-c4cccc5cccc(Cl)c45)ncc23)CC12COC2. The summed E-state index contributed by atoms with van der Waals surface area (Å²) < 4.78 is 43.4. The Morgan fingerprint density at radius 1 is 1.21 bits per heavy atom. The lowest BCUT2D eigenvalue weighted by molar-refractivity contribution is -0.167. The number of fused-ring (bicyclic) bond motifs is 3. The van der Waals surface area contributed by atoms with E-state index in [4.69, 9.17) is 26.1 Å². The number of halogens is 3. The number of alkyl halides is 1. The van der Waals surface area contributed by atoms with Crippen LogP contribution in [0.15, 0.2) is 55.3 Å². The molecule has 2 aromatic heterocycles. The fourth-order valence-electron chi connectivity index (χ4n) is 8.05. The summed E-state index contributed by atoms with van der Waals surface area (Å²) in [6.07, 6.45) is 4.18. The van der Waals surface area contributed by atoms with Gasteiger partial charge in [0.15, 0.2) is 5.82 Å². The molecule has 1 spiro atoms. The number of anilines is 1. The second-order valence-corrected chi connectivity index (χ2v) is 13.8. The van der Waals surface area contributed by atoms with E-state index < -0.39 is 23.1 Å². The summed E-state index contributed by atoms with van der Waals surface area (Å²) in [7, 11) is 0. The Hall–Kier alpha value is -3.93. The van der Waals surface area contributed by atoms with Crippen LogP contribution in [-0.2, 0) is 9.53 Å². The Bertz CT molecular complexity index is 1920. The van der Waals surface area contributed by atoms with Crippen LogP contribution in [0.3, 0.4) is 0 Å². The molecule has 2 unspecified atom stereocenters. The van der Waals surface area contributed by atoms with Gasteiger partial charge in [-0.15, -0.1) is 0 Å². The molecule has 244 valence electrons. The number of carbonyl (C=O) groups is 1. The molecule has 4 aromatic rings. The fourth-order valence-corrected chi connectivity index (χ4v) is 8.33. The van der Waals surface area contributed by atoms with Gasteiger partial charge in [-0.1, -0.05) is 48.5 Å². The molecule has 4 aliphatic heterocycles. The number of pyridine rings is 1. The molecule has 8 rings (SSSR count). The van der Waals surface area contributed by atoms with E-state index in [1.54, 1.807) is 18.3 Å². The lowest BCUT2D eigenvalue weighted by Gasteiger charge is -2.57. The van der Waals surface area contributed by atoms with Crippen molar-refractivity contribution in [3.05, 3.63) is 66.1 Å². The van der Waals surface area contributed by atoms with E-state index in [1.807, 2.05) is 36.1 Å². The quantitative estimate of drug-likeness (QED) is 0.248. The Labute approximate surface area is 276 Å². The highest BCUT2D eigenvalue weighted by molar-refractivity contribution is 6.36. The van der Waals surface area contributed by atoms with Gasteiger partial charge in [-0.05, 0) is 43.8 Å². The van der Waals surface area contributed by atoms with Crippen LogP contribution in [0.2, 0.25) is 5.02 Å². The Morgan fingerprint density at radius 3 is 2.79 bits per heavy atom. The summed E-state index contributed by atoms with van der Waals surface area (Å²) in [5, 5.41) is 2.46. The molecule has 6 heterocycles. The first kappa shape index (κ1) is 30.4. The third-order valence-corrected chi connectivity index (χ3v) is 10.8. The Kier molecular flexibility index (Phi) is 7.34. The predicted molar refractivity (Wildman–Crippen MR) is 176 cm³/mol. The van der Waals surface area contributed by atoms with Crippen LogP contribution in [-0.4, -0.2) is 99.9 Å².